The van der Waals surface area contributed by atoms with Gasteiger partial charge in [0.05, 0.1) is 11.3 Å². The second-order valence-corrected chi connectivity index (χ2v) is 15.6. The number of para-hydroxylation sites is 1. The minimum atomic E-state index is -0.700. The Morgan fingerprint density at radius 1 is 0.702 bits per heavy atom. The Kier molecular flexibility index (Phi) is 8.82. The summed E-state index contributed by atoms with van der Waals surface area (Å²) in [4.78, 5) is 20.4. The van der Waals surface area contributed by atoms with Crippen LogP contribution in [-0.2, 0) is 24.9 Å². The van der Waals surface area contributed by atoms with Crippen molar-refractivity contribution in [3.05, 3.63) is 133 Å². The van der Waals surface area contributed by atoms with Crippen molar-refractivity contribution < 1.29 is 30.0 Å². The molecule has 0 saturated carbocycles. The summed E-state index contributed by atoms with van der Waals surface area (Å²) in [6.45, 7) is 2.85. The molecule has 0 saturated heterocycles. The molecule has 0 spiro atoms. The zero-order chi connectivity index (χ0) is 31.4. The summed E-state index contributed by atoms with van der Waals surface area (Å²) in [7, 11) is -0.700. The summed E-state index contributed by atoms with van der Waals surface area (Å²) in [5, 5.41) is 19.1. The number of fused-ring (bicyclic) bond motifs is 7. The summed E-state index contributed by atoms with van der Waals surface area (Å²) < 4.78 is 0. The molecule has 1 radical (unpaired) electrons. The third kappa shape index (κ3) is 6.06. The Morgan fingerprint density at radius 2 is 1.26 bits per heavy atom. The average Bonchev–Trinajstić information content (AvgIpc) is 3.05. The van der Waals surface area contributed by atoms with Crippen molar-refractivity contribution >= 4 is 85.6 Å². The fourth-order valence-electron chi connectivity index (χ4n) is 6.07. The molecule has 231 valence electrons. The van der Waals surface area contributed by atoms with E-state index in [0.717, 1.165) is 22.2 Å². The maximum atomic E-state index is 10.0. The van der Waals surface area contributed by atoms with Crippen molar-refractivity contribution in [2.24, 2.45) is 0 Å². The molecule has 7 heteroatoms. The van der Waals surface area contributed by atoms with Gasteiger partial charge in [-0.1, -0.05) is 102 Å². The first kappa shape index (κ1) is 31.8. The predicted octanol–water partition coefficient (Wildman–Crippen LogP) is 9.73. The maximum Gasteiger partial charge on any atom is 0.155 e. The zero-order valence-electron chi connectivity index (χ0n) is 25.4. The number of aromatic nitrogens is 1. The Bertz CT molecular complexity index is 2290. The number of pyridine rings is 1. The van der Waals surface area contributed by atoms with Gasteiger partial charge < -0.3 is 5.11 Å². The number of nitrogens with zero attached hydrogens (tertiary/aromatic N) is 1. The summed E-state index contributed by atoms with van der Waals surface area (Å²) in [6, 6.07) is 46.0. The first-order valence-corrected chi connectivity index (χ1v) is 17.9. The third-order valence-corrected chi connectivity index (χ3v) is 13.4. The smallest absolute Gasteiger partial charge is 0.155 e. The van der Waals surface area contributed by atoms with Gasteiger partial charge in [0, 0.05) is 36.0 Å². The van der Waals surface area contributed by atoms with Gasteiger partial charge in [-0.15, -0.1) is 41.2 Å². The summed E-state index contributed by atoms with van der Waals surface area (Å²) >= 11 is 3.79. The molecular formula is C40H27IrNO2PS2-. The molecule has 1 atom stereocenters. The van der Waals surface area contributed by atoms with Crippen LogP contribution in [0.15, 0.2) is 147 Å². The van der Waals surface area contributed by atoms with Crippen LogP contribution in [0.2, 0.25) is 0 Å². The van der Waals surface area contributed by atoms with Crippen LogP contribution in [0.1, 0.15) is 13.8 Å². The largest absolute Gasteiger partial charge is 0.512 e. The van der Waals surface area contributed by atoms with Crippen LogP contribution in [0.5, 0.6) is 0 Å². The van der Waals surface area contributed by atoms with Gasteiger partial charge in [-0.2, -0.15) is 0 Å². The topological polar surface area (TPSA) is 50.2 Å². The Labute approximate surface area is 296 Å². The molecule has 0 bridgehead atoms. The van der Waals surface area contributed by atoms with E-state index >= 15 is 0 Å². The normalized spacial score (nSPS) is 14.3. The number of carbonyl (C=O) groups excluding carboxylic acids is 1. The van der Waals surface area contributed by atoms with Crippen LogP contribution in [0.3, 0.4) is 0 Å². The number of hydrogen-bond acceptors (Lipinski definition) is 5. The van der Waals surface area contributed by atoms with Gasteiger partial charge in [-0.25, -0.2) is 0 Å². The monoisotopic (exact) mass is 841 g/mol. The average molecular weight is 841 g/mol. The summed E-state index contributed by atoms with van der Waals surface area (Å²) in [5.41, 5.74) is 3.07. The zero-order valence-corrected chi connectivity index (χ0v) is 30.4. The Balaban J connectivity index is 0.000000399. The van der Waals surface area contributed by atoms with Gasteiger partial charge in [0.1, 0.15) is 0 Å². The molecule has 1 N–H and O–H groups in total. The molecule has 47 heavy (non-hydrogen) atoms. The van der Waals surface area contributed by atoms with Gasteiger partial charge in [0.25, 0.3) is 0 Å². The standard InChI is InChI=1S/C35H19NPS2.C5H8O2.Ir/c1-3-10-24-17-31-29(15-22(24)8-1)37-30-16-23-9-2-4-11-25(23)18-32(30)39-34-20-26(19-33(38-31)35(34)37)28-14-13-21-7-5-6-12-27(21)36-28;1-4(6)3-5(2)7;/h1-19H;3,6H,1-2H3;/q-1;;/b;4-3-;. The Morgan fingerprint density at radius 3 is 1.83 bits per heavy atom. The molecule has 3 nitrogen and oxygen atoms in total. The van der Waals surface area contributed by atoms with E-state index in [1.54, 1.807) is 0 Å². The molecule has 2 aliphatic heterocycles. The quantitative estimate of drug-likeness (QED) is 0.0814. The minimum absolute atomic E-state index is 0. The maximum absolute atomic E-state index is 10.0. The number of benzene rings is 6. The van der Waals surface area contributed by atoms with E-state index in [2.05, 4.69) is 121 Å². The van der Waals surface area contributed by atoms with Gasteiger partial charge in [0.15, 0.2) is 5.78 Å². The second kappa shape index (κ2) is 13.0. The molecule has 9 rings (SSSR count). The van der Waals surface area contributed by atoms with E-state index < -0.39 is 7.92 Å². The molecule has 0 fully saturated rings. The molecule has 0 amide bonds. The number of hydrogen-bond donors (Lipinski definition) is 1. The van der Waals surface area contributed by atoms with E-state index in [4.69, 9.17) is 10.1 Å². The van der Waals surface area contributed by atoms with Crippen LogP contribution in [0.25, 0.3) is 43.7 Å². The summed E-state index contributed by atoms with van der Waals surface area (Å²) in [5.74, 6) is -0.0625. The molecule has 1 aromatic heterocycles. The van der Waals surface area contributed by atoms with E-state index in [-0.39, 0.29) is 31.6 Å². The van der Waals surface area contributed by atoms with Crippen LogP contribution in [0, 0.1) is 6.07 Å². The fourth-order valence-corrected chi connectivity index (χ4v) is 12.1. The van der Waals surface area contributed by atoms with Crippen LogP contribution >= 0.6 is 31.4 Å². The van der Waals surface area contributed by atoms with Gasteiger partial charge >= 0.3 is 0 Å². The third-order valence-electron chi connectivity index (χ3n) is 8.05. The second-order valence-electron chi connectivity index (χ2n) is 11.4. The van der Waals surface area contributed by atoms with Crippen molar-refractivity contribution in [3.63, 3.8) is 0 Å². The fraction of sp³-hybridized carbons (Fsp3) is 0.0500. The molecule has 1 unspecified atom stereocenters. The molecule has 6 aromatic carbocycles. The van der Waals surface area contributed by atoms with Crippen molar-refractivity contribution in [3.8, 4) is 11.3 Å². The number of ketones is 1. The van der Waals surface area contributed by atoms with Gasteiger partial charge in [-0.05, 0) is 87.4 Å². The van der Waals surface area contributed by atoms with E-state index in [9.17, 15) is 4.79 Å². The predicted molar refractivity (Wildman–Crippen MR) is 195 cm³/mol. The van der Waals surface area contributed by atoms with Crippen molar-refractivity contribution in [1.29, 1.82) is 0 Å². The number of rotatable bonds is 2. The SMILES string of the molecule is CC(=O)/C=C(/C)O.[Ir].[c-]1c(-c2ccc3ccccc3n2)cc2c3c1Sc1cc4ccccc4cc1P3c1cc3ccccc3cc1S2. The number of aliphatic hydroxyl groups excluding tert-OH is 1. The first-order chi connectivity index (χ1) is 22.4. The molecule has 0 aliphatic carbocycles. The molecule has 3 heterocycles. The summed E-state index contributed by atoms with van der Waals surface area (Å²) in [6.07, 6.45) is 1.17. The van der Waals surface area contributed by atoms with Crippen molar-refractivity contribution in [1.82, 2.24) is 4.98 Å². The van der Waals surface area contributed by atoms with Crippen LogP contribution in [0.4, 0.5) is 0 Å². The number of allylic oxidation sites excluding steroid dienone is 2. The van der Waals surface area contributed by atoms with E-state index in [1.165, 1.54) is 77.0 Å². The number of aliphatic hydroxyl groups is 1. The number of carbonyl (C=O) groups is 1. The van der Waals surface area contributed by atoms with Crippen LogP contribution in [-0.4, -0.2) is 15.9 Å². The first-order valence-electron chi connectivity index (χ1n) is 15.0. The van der Waals surface area contributed by atoms with Crippen LogP contribution < -0.4 is 15.9 Å². The van der Waals surface area contributed by atoms with E-state index in [1.807, 2.05) is 23.5 Å². The minimum Gasteiger partial charge on any atom is -0.512 e. The van der Waals surface area contributed by atoms with Gasteiger partial charge in [0.2, 0.25) is 0 Å². The Hall–Kier alpha value is -3.76. The van der Waals surface area contributed by atoms with Crippen molar-refractivity contribution in [2.75, 3.05) is 0 Å². The molecule has 2 aliphatic rings. The van der Waals surface area contributed by atoms with E-state index in [0.29, 0.717) is 0 Å². The van der Waals surface area contributed by atoms with Gasteiger partial charge in [-0.3, -0.25) is 9.78 Å². The molecule has 7 aromatic rings. The van der Waals surface area contributed by atoms with Crippen molar-refractivity contribution in [2.45, 2.75) is 33.4 Å². The molecular weight excluding hydrogens is 814 g/mol.